The van der Waals surface area contributed by atoms with Crippen LogP contribution in [0.25, 0.3) is 0 Å². The number of methoxy groups -OCH3 is 1. The zero-order chi connectivity index (χ0) is 10.6. The Balaban J connectivity index is 0.00000196. The highest BCUT2D eigenvalue weighted by Crippen LogP contribution is 2.28. The van der Waals surface area contributed by atoms with Gasteiger partial charge in [-0.05, 0) is 24.1 Å². The van der Waals surface area contributed by atoms with E-state index < -0.39 is 6.67 Å². The van der Waals surface area contributed by atoms with E-state index in [0.29, 0.717) is 11.3 Å². The molecular weight excluding hydrogens is 221 g/mol. The van der Waals surface area contributed by atoms with Gasteiger partial charge in [0.25, 0.3) is 0 Å². The molecule has 3 nitrogen and oxygen atoms in total. The highest BCUT2D eigenvalue weighted by Gasteiger charge is 2.08. The number of rotatable bonds is 4. The maximum absolute atomic E-state index is 12.0. The lowest BCUT2D eigenvalue weighted by atomic mass is 10.0. The highest BCUT2D eigenvalue weighted by molar-refractivity contribution is 5.85. The van der Waals surface area contributed by atoms with Gasteiger partial charge >= 0.3 is 0 Å². The van der Waals surface area contributed by atoms with Crippen LogP contribution in [0.2, 0.25) is 0 Å². The van der Waals surface area contributed by atoms with E-state index in [4.69, 9.17) is 10.5 Å². The number of nitrogens with two attached hydrogens (primary N) is 1. The van der Waals surface area contributed by atoms with E-state index in [9.17, 15) is 9.50 Å². The number of alkyl halides is 1. The monoisotopic (exact) mass is 235 g/mol. The molecule has 1 aromatic rings. The third-order valence-corrected chi connectivity index (χ3v) is 2.05. The summed E-state index contributed by atoms with van der Waals surface area (Å²) in [5.41, 5.74) is 6.38. The van der Waals surface area contributed by atoms with Crippen molar-refractivity contribution in [1.82, 2.24) is 0 Å². The predicted octanol–water partition coefficient (Wildman–Crippen LogP) is 2.18. The minimum Gasteiger partial charge on any atom is -0.504 e. The molecule has 0 unspecified atom stereocenters. The van der Waals surface area contributed by atoms with E-state index in [-0.39, 0.29) is 30.6 Å². The predicted molar refractivity (Wildman–Crippen MR) is 59.4 cm³/mol. The normalized spacial score (nSPS) is 11.7. The van der Waals surface area contributed by atoms with E-state index in [1.807, 2.05) is 0 Å². The van der Waals surface area contributed by atoms with Crippen LogP contribution >= 0.6 is 12.4 Å². The van der Waals surface area contributed by atoms with Crippen molar-refractivity contribution in [3.8, 4) is 11.5 Å². The van der Waals surface area contributed by atoms with Crippen molar-refractivity contribution in [1.29, 1.82) is 0 Å². The van der Waals surface area contributed by atoms with Crippen molar-refractivity contribution in [2.75, 3.05) is 13.8 Å². The smallest absolute Gasteiger partial charge is 0.160 e. The first-order valence-electron chi connectivity index (χ1n) is 4.37. The van der Waals surface area contributed by atoms with E-state index >= 15 is 0 Å². The summed E-state index contributed by atoms with van der Waals surface area (Å²) in [6.45, 7) is -0.464. The number of benzene rings is 1. The second kappa shape index (κ2) is 6.48. The Morgan fingerprint density at radius 3 is 2.67 bits per heavy atom. The summed E-state index contributed by atoms with van der Waals surface area (Å²) in [5.74, 6) is 0.417. The molecule has 1 aromatic carbocycles. The van der Waals surface area contributed by atoms with Gasteiger partial charge in [0.1, 0.15) is 0 Å². The molecule has 3 N–H and O–H groups in total. The molecule has 0 radical (unpaired) electrons. The van der Waals surface area contributed by atoms with E-state index in [1.54, 1.807) is 12.1 Å². The van der Waals surface area contributed by atoms with Gasteiger partial charge in [0.05, 0.1) is 13.8 Å². The SMILES string of the molecule is COc1ccc([C@H](N)CCF)cc1O.Cl. The third kappa shape index (κ3) is 3.57. The topological polar surface area (TPSA) is 55.5 Å². The lowest BCUT2D eigenvalue weighted by molar-refractivity contribution is 0.372. The minimum absolute atomic E-state index is 0. The van der Waals surface area contributed by atoms with Gasteiger partial charge < -0.3 is 15.6 Å². The number of phenolic OH excluding ortho intramolecular Hbond substituents is 1. The molecule has 0 aromatic heterocycles. The quantitative estimate of drug-likeness (QED) is 0.841. The molecule has 0 saturated heterocycles. The largest absolute Gasteiger partial charge is 0.504 e. The fourth-order valence-electron chi connectivity index (χ4n) is 1.22. The molecule has 0 heterocycles. The van der Waals surface area contributed by atoms with Crippen LogP contribution in [-0.2, 0) is 0 Å². The van der Waals surface area contributed by atoms with Crippen LogP contribution in [0.15, 0.2) is 18.2 Å². The van der Waals surface area contributed by atoms with Crippen LogP contribution in [0.1, 0.15) is 18.0 Å². The maximum Gasteiger partial charge on any atom is 0.160 e. The lowest BCUT2D eigenvalue weighted by Crippen LogP contribution is -2.10. The standard InChI is InChI=1S/C10H14FNO2.ClH/c1-14-10-3-2-7(6-9(10)13)8(12)4-5-11;/h2-3,6,8,13H,4-5,12H2,1H3;1H/t8-;/m1./s1. The van der Waals surface area contributed by atoms with Gasteiger partial charge in [-0.2, -0.15) is 0 Å². The zero-order valence-corrected chi connectivity index (χ0v) is 9.26. The maximum atomic E-state index is 12.0. The summed E-state index contributed by atoms with van der Waals surface area (Å²) in [5, 5.41) is 9.43. The van der Waals surface area contributed by atoms with Crippen LogP contribution in [0.3, 0.4) is 0 Å². The lowest BCUT2D eigenvalue weighted by Gasteiger charge is -2.11. The van der Waals surface area contributed by atoms with E-state index in [2.05, 4.69) is 0 Å². The Hall–Kier alpha value is -1.00. The van der Waals surface area contributed by atoms with Gasteiger partial charge in [0, 0.05) is 6.04 Å². The van der Waals surface area contributed by atoms with Crippen LogP contribution < -0.4 is 10.5 Å². The Morgan fingerprint density at radius 1 is 1.53 bits per heavy atom. The second-order valence-electron chi connectivity index (χ2n) is 3.02. The Bertz CT molecular complexity index is 309. The fraction of sp³-hybridized carbons (Fsp3) is 0.400. The van der Waals surface area contributed by atoms with Crippen LogP contribution in [0, 0.1) is 0 Å². The molecule has 1 atom stereocenters. The number of hydrogen-bond acceptors (Lipinski definition) is 3. The number of ether oxygens (including phenoxy) is 1. The molecular formula is C10H15ClFNO2. The summed E-state index contributed by atoms with van der Waals surface area (Å²) >= 11 is 0. The first kappa shape index (κ1) is 14.0. The third-order valence-electron chi connectivity index (χ3n) is 2.05. The molecule has 15 heavy (non-hydrogen) atoms. The average Bonchev–Trinajstić information content (AvgIpc) is 2.18. The second-order valence-corrected chi connectivity index (χ2v) is 3.02. The Labute approximate surface area is 94.5 Å². The fourth-order valence-corrected chi connectivity index (χ4v) is 1.22. The van der Waals surface area contributed by atoms with Gasteiger partial charge in [0.15, 0.2) is 11.5 Å². The van der Waals surface area contributed by atoms with Crippen LogP contribution in [0.5, 0.6) is 11.5 Å². The molecule has 0 saturated carbocycles. The zero-order valence-electron chi connectivity index (χ0n) is 8.44. The Morgan fingerprint density at radius 2 is 2.20 bits per heavy atom. The van der Waals surface area contributed by atoms with Gasteiger partial charge in [0.2, 0.25) is 0 Å². The van der Waals surface area contributed by atoms with Crippen LogP contribution in [-0.4, -0.2) is 18.9 Å². The Kier molecular flexibility index (Phi) is 6.05. The molecule has 0 amide bonds. The summed E-state index contributed by atoms with van der Waals surface area (Å²) in [7, 11) is 1.47. The molecule has 5 heteroatoms. The van der Waals surface area contributed by atoms with Crippen molar-refractivity contribution in [3.63, 3.8) is 0 Å². The summed E-state index contributed by atoms with van der Waals surface area (Å²) in [6.07, 6.45) is 0.256. The number of aromatic hydroxyl groups is 1. The van der Waals surface area contributed by atoms with Crippen molar-refractivity contribution in [3.05, 3.63) is 23.8 Å². The summed E-state index contributed by atoms with van der Waals surface area (Å²) in [4.78, 5) is 0. The highest BCUT2D eigenvalue weighted by atomic mass is 35.5. The molecule has 86 valence electrons. The summed E-state index contributed by atoms with van der Waals surface area (Å²) < 4.78 is 16.9. The average molecular weight is 236 g/mol. The van der Waals surface area contributed by atoms with Crippen molar-refractivity contribution < 1.29 is 14.2 Å². The molecule has 1 rings (SSSR count). The van der Waals surface area contributed by atoms with Crippen molar-refractivity contribution in [2.24, 2.45) is 5.73 Å². The van der Waals surface area contributed by atoms with E-state index in [0.717, 1.165) is 0 Å². The molecule has 0 aliphatic rings. The van der Waals surface area contributed by atoms with Crippen molar-refractivity contribution in [2.45, 2.75) is 12.5 Å². The number of hydrogen-bond donors (Lipinski definition) is 2. The van der Waals surface area contributed by atoms with E-state index in [1.165, 1.54) is 13.2 Å². The van der Waals surface area contributed by atoms with Gasteiger partial charge in [-0.25, -0.2) is 0 Å². The number of phenols is 1. The summed E-state index contributed by atoms with van der Waals surface area (Å²) in [6, 6.07) is 4.46. The molecule has 0 bridgehead atoms. The molecule has 0 aliphatic carbocycles. The van der Waals surface area contributed by atoms with Crippen molar-refractivity contribution >= 4 is 12.4 Å². The molecule has 0 spiro atoms. The van der Waals surface area contributed by atoms with Gasteiger partial charge in [-0.15, -0.1) is 12.4 Å². The molecule has 0 fully saturated rings. The first-order valence-corrected chi connectivity index (χ1v) is 4.37. The van der Waals surface area contributed by atoms with Crippen LogP contribution in [0.4, 0.5) is 4.39 Å². The van der Waals surface area contributed by atoms with Gasteiger partial charge in [-0.1, -0.05) is 6.07 Å². The molecule has 0 aliphatic heterocycles. The first-order chi connectivity index (χ1) is 6.69. The number of halogens is 2. The minimum atomic E-state index is -0.464. The van der Waals surface area contributed by atoms with Gasteiger partial charge in [-0.3, -0.25) is 4.39 Å².